The molecule has 0 bridgehead atoms. The highest BCUT2D eigenvalue weighted by Gasteiger charge is 2.34. The molecular weight excluding hydrogens is 372 g/mol. The predicted octanol–water partition coefficient (Wildman–Crippen LogP) is 3.44. The third kappa shape index (κ3) is 3.67. The van der Waals surface area contributed by atoms with Crippen molar-refractivity contribution in [3.05, 3.63) is 59.1 Å². The summed E-state index contributed by atoms with van der Waals surface area (Å²) in [5.41, 5.74) is 6.50. The number of benzene rings is 1. The van der Waals surface area contributed by atoms with Gasteiger partial charge in [-0.2, -0.15) is 0 Å². The van der Waals surface area contributed by atoms with Crippen LogP contribution in [0.15, 0.2) is 41.7 Å². The van der Waals surface area contributed by atoms with Gasteiger partial charge in [-0.3, -0.25) is 4.99 Å². The normalized spacial score (nSPS) is 20.8. The molecule has 0 saturated carbocycles. The fraction of sp³-hybridized carbons (Fsp3) is 0.409. The van der Waals surface area contributed by atoms with Crippen LogP contribution in [-0.4, -0.2) is 47.8 Å². The number of nitrogens with zero attached hydrogens (tertiary/aromatic N) is 4. The summed E-state index contributed by atoms with van der Waals surface area (Å²) in [7, 11) is 0. The van der Waals surface area contributed by atoms with Crippen LogP contribution in [-0.2, 0) is 6.54 Å². The fourth-order valence-corrected chi connectivity index (χ4v) is 4.20. The highest BCUT2D eigenvalue weighted by molar-refractivity contribution is 6.14. The molecule has 5 rings (SSSR count). The Morgan fingerprint density at radius 1 is 1.07 bits per heavy atom. The van der Waals surface area contributed by atoms with Gasteiger partial charge in [0.05, 0.1) is 18.0 Å². The van der Waals surface area contributed by atoms with E-state index in [2.05, 4.69) is 39.6 Å². The molecule has 7 heteroatoms. The quantitative estimate of drug-likeness (QED) is 0.865. The number of aromatic nitrogens is 2. The van der Waals surface area contributed by atoms with Gasteiger partial charge in [-0.1, -0.05) is 18.2 Å². The van der Waals surface area contributed by atoms with E-state index in [4.69, 9.17) is 4.99 Å². The third-order valence-electron chi connectivity index (χ3n) is 5.92. The van der Waals surface area contributed by atoms with Gasteiger partial charge in [0.1, 0.15) is 12.1 Å². The number of rotatable bonds is 3. The van der Waals surface area contributed by atoms with Crippen molar-refractivity contribution in [2.45, 2.75) is 31.7 Å². The summed E-state index contributed by atoms with van der Waals surface area (Å²) in [6, 6.07) is 8.42. The number of aliphatic imine (C=N–C) groups is 1. The van der Waals surface area contributed by atoms with Gasteiger partial charge in [0, 0.05) is 44.1 Å². The van der Waals surface area contributed by atoms with Crippen LogP contribution < -0.4 is 10.2 Å². The first kappa shape index (κ1) is 18.4. The molecular formula is C22H23F2N5. The van der Waals surface area contributed by atoms with Crippen LogP contribution >= 0.6 is 0 Å². The molecule has 1 saturated heterocycles. The van der Waals surface area contributed by atoms with E-state index in [1.54, 1.807) is 0 Å². The number of hydrogen-bond donors (Lipinski definition) is 1. The number of halogens is 2. The molecule has 4 heterocycles. The van der Waals surface area contributed by atoms with Gasteiger partial charge >= 0.3 is 0 Å². The smallest absolute Gasteiger partial charge is 0.251 e. The van der Waals surface area contributed by atoms with Crippen molar-refractivity contribution in [3.8, 4) is 0 Å². The molecule has 1 aromatic heterocycles. The lowest BCUT2D eigenvalue weighted by molar-refractivity contribution is -0.0221. The van der Waals surface area contributed by atoms with Crippen molar-refractivity contribution in [2.24, 2.45) is 4.99 Å². The van der Waals surface area contributed by atoms with E-state index < -0.39 is 5.92 Å². The van der Waals surface area contributed by atoms with Gasteiger partial charge in [0.2, 0.25) is 0 Å². The molecule has 0 unspecified atom stereocenters. The second-order valence-electron chi connectivity index (χ2n) is 7.82. The van der Waals surface area contributed by atoms with Crippen molar-refractivity contribution in [1.82, 2.24) is 15.3 Å². The summed E-state index contributed by atoms with van der Waals surface area (Å²) in [6.45, 7) is 3.14. The largest absolute Gasteiger partial charge is 0.356 e. The maximum Gasteiger partial charge on any atom is 0.251 e. The third-order valence-corrected chi connectivity index (χ3v) is 5.92. The van der Waals surface area contributed by atoms with E-state index in [9.17, 15) is 8.78 Å². The lowest BCUT2D eigenvalue weighted by atomic mass is 9.94. The summed E-state index contributed by atoms with van der Waals surface area (Å²) in [6.07, 6.45) is 4.50. The van der Waals surface area contributed by atoms with Gasteiger partial charge in [-0.25, -0.2) is 18.7 Å². The average molecular weight is 395 g/mol. The first-order valence-electron chi connectivity index (χ1n) is 10.1. The minimum atomic E-state index is -2.57. The van der Waals surface area contributed by atoms with E-state index in [1.165, 1.54) is 23.0 Å². The first-order valence-corrected chi connectivity index (χ1v) is 10.1. The zero-order valence-electron chi connectivity index (χ0n) is 16.2. The van der Waals surface area contributed by atoms with Gasteiger partial charge in [-0.05, 0) is 35.7 Å². The maximum atomic E-state index is 13.5. The Morgan fingerprint density at radius 3 is 2.72 bits per heavy atom. The van der Waals surface area contributed by atoms with Crippen LogP contribution in [0, 0.1) is 0 Å². The summed E-state index contributed by atoms with van der Waals surface area (Å²) in [5, 5.41) is 3.35. The Balaban J connectivity index is 1.43. The van der Waals surface area contributed by atoms with Crippen LogP contribution in [0.1, 0.15) is 41.6 Å². The zero-order chi connectivity index (χ0) is 19.8. The fourth-order valence-electron chi connectivity index (χ4n) is 4.20. The predicted molar refractivity (Wildman–Crippen MR) is 110 cm³/mol. The van der Waals surface area contributed by atoms with Gasteiger partial charge < -0.3 is 10.2 Å². The van der Waals surface area contributed by atoms with Crippen molar-refractivity contribution < 1.29 is 8.78 Å². The minimum Gasteiger partial charge on any atom is -0.356 e. The van der Waals surface area contributed by atoms with Crippen molar-refractivity contribution in [2.75, 3.05) is 31.1 Å². The van der Waals surface area contributed by atoms with E-state index in [0.29, 0.717) is 25.5 Å². The zero-order valence-corrected chi connectivity index (χ0v) is 16.2. The molecule has 2 aromatic rings. The monoisotopic (exact) mass is 395 g/mol. The molecule has 1 aromatic carbocycles. The first-order chi connectivity index (χ1) is 14.1. The second kappa shape index (κ2) is 7.30. The molecule has 5 nitrogen and oxygen atoms in total. The number of nitrogens with one attached hydrogen (secondary N) is 1. The van der Waals surface area contributed by atoms with Crippen LogP contribution in [0.4, 0.5) is 14.6 Å². The highest BCUT2D eigenvalue weighted by Crippen LogP contribution is 2.31. The summed E-state index contributed by atoms with van der Waals surface area (Å²) in [5.74, 6) is -1.88. The standard InChI is InChI=1S/C22H23F2N5/c23-22(24)5-9-29(10-6-22)20-12-19(27-14-28-20)21-18-11-16(1-2-17(18)13-26-21)15-3-7-25-8-4-15/h1-3,11-12,14,25H,4-10,13H2. The van der Waals surface area contributed by atoms with Gasteiger partial charge in [-0.15, -0.1) is 0 Å². The SMILES string of the molecule is FC1(F)CCN(c2cc(C3=NCc4ccc(C5=CCNCC5)cc43)ncn2)CC1. The number of anilines is 1. The number of fused-ring (bicyclic) bond motifs is 1. The van der Waals surface area contributed by atoms with Crippen molar-refractivity contribution in [1.29, 1.82) is 0 Å². The Morgan fingerprint density at radius 2 is 1.93 bits per heavy atom. The molecule has 1 N–H and O–H groups in total. The summed E-state index contributed by atoms with van der Waals surface area (Å²) in [4.78, 5) is 15.4. The van der Waals surface area contributed by atoms with E-state index in [0.717, 1.165) is 36.5 Å². The van der Waals surface area contributed by atoms with E-state index >= 15 is 0 Å². The molecule has 3 aliphatic heterocycles. The Hall–Kier alpha value is -2.67. The Kier molecular flexibility index (Phi) is 4.62. The second-order valence-corrected chi connectivity index (χ2v) is 7.82. The molecule has 0 radical (unpaired) electrons. The summed E-state index contributed by atoms with van der Waals surface area (Å²) < 4.78 is 27.0. The van der Waals surface area contributed by atoms with Crippen LogP contribution in [0.25, 0.3) is 5.57 Å². The summed E-state index contributed by atoms with van der Waals surface area (Å²) >= 11 is 0. The average Bonchev–Trinajstić information content (AvgIpc) is 3.18. The number of piperidine rings is 1. The molecule has 1 fully saturated rings. The van der Waals surface area contributed by atoms with Crippen molar-refractivity contribution >= 4 is 17.1 Å². The Bertz CT molecular complexity index is 988. The number of alkyl halides is 2. The molecule has 0 atom stereocenters. The molecule has 150 valence electrons. The van der Waals surface area contributed by atoms with Gasteiger partial charge in [0.25, 0.3) is 5.92 Å². The van der Waals surface area contributed by atoms with Crippen LogP contribution in [0.3, 0.4) is 0 Å². The van der Waals surface area contributed by atoms with Crippen LogP contribution in [0.5, 0.6) is 0 Å². The maximum absolute atomic E-state index is 13.5. The van der Waals surface area contributed by atoms with Crippen LogP contribution in [0.2, 0.25) is 0 Å². The molecule has 0 spiro atoms. The van der Waals surface area contributed by atoms with E-state index in [1.807, 2.05) is 11.0 Å². The Labute approximate surface area is 168 Å². The lowest BCUT2D eigenvalue weighted by Crippen LogP contribution is -2.39. The number of hydrogen-bond acceptors (Lipinski definition) is 5. The minimum absolute atomic E-state index is 0.135. The lowest BCUT2D eigenvalue weighted by Gasteiger charge is -2.32. The molecule has 0 amide bonds. The van der Waals surface area contributed by atoms with Crippen molar-refractivity contribution in [3.63, 3.8) is 0 Å². The highest BCUT2D eigenvalue weighted by atomic mass is 19.3. The van der Waals surface area contributed by atoms with E-state index in [-0.39, 0.29) is 12.8 Å². The van der Waals surface area contributed by atoms with Gasteiger partial charge in [0.15, 0.2) is 0 Å². The molecule has 0 aliphatic carbocycles. The molecule has 3 aliphatic rings. The molecule has 29 heavy (non-hydrogen) atoms. The topological polar surface area (TPSA) is 53.4 Å².